The molecule has 0 N–H and O–H groups in total. The maximum absolute atomic E-state index is 5.98. The first-order valence-corrected chi connectivity index (χ1v) is 6.42. The van der Waals surface area contributed by atoms with Crippen LogP contribution in [0.15, 0.2) is 42.5 Å². The summed E-state index contributed by atoms with van der Waals surface area (Å²) in [4.78, 5) is 0. The molecule has 1 aliphatic rings. The molecule has 1 nitrogen and oxygen atoms in total. The fourth-order valence-electron chi connectivity index (χ4n) is 2.51. The largest absolute Gasteiger partial charge is 0.487 e. The highest BCUT2D eigenvalue weighted by Crippen LogP contribution is 2.37. The fraction of sp³-hybridized carbons (Fsp3) is 0.294. The Morgan fingerprint density at radius 2 is 1.61 bits per heavy atom. The molecule has 3 rings (SSSR count). The van der Waals surface area contributed by atoms with Crippen LogP contribution >= 0.6 is 0 Å². The van der Waals surface area contributed by atoms with E-state index in [-0.39, 0.29) is 5.60 Å². The zero-order valence-electron chi connectivity index (χ0n) is 11.2. The summed E-state index contributed by atoms with van der Waals surface area (Å²) in [5.41, 5.74) is 5.02. The molecule has 0 unspecified atom stereocenters. The molecule has 2 aromatic rings. The molecule has 0 radical (unpaired) electrons. The molecule has 0 aliphatic carbocycles. The summed E-state index contributed by atoms with van der Waals surface area (Å²) < 4.78 is 5.98. The van der Waals surface area contributed by atoms with E-state index in [1.165, 1.54) is 22.3 Å². The molecule has 1 heterocycles. The van der Waals surface area contributed by atoms with E-state index < -0.39 is 0 Å². The van der Waals surface area contributed by atoms with E-state index in [2.05, 4.69) is 63.2 Å². The molecule has 0 bridgehead atoms. The van der Waals surface area contributed by atoms with Crippen LogP contribution in [0.2, 0.25) is 0 Å². The molecular weight excluding hydrogens is 220 g/mol. The minimum atomic E-state index is -0.0613. The number of hydrogen-bond donors (Lipinski definition) is 0. The lowest BCUT2D eigenvalue weighted by Crippen LogP contribution is -2.24. The van der Waals surface area contributed by atoms with Crippen LogP contribution in [0.4, 0.5) is 0 Å². The Bertz CT molecular complexity index is 579. The third-order valence-electron chi connectivity index (χ3n) is 3.45. The molecule has 2 aromatic carbocycles. The molecule has 0 spiro atoms. The normalized spacial score (nSPS) is 16.2. The van der Waals surface area contributed by atoms with Crippen LogP contribution in [0.3, 0.4) is 0 Å². The van der Waals surface area contributed by atoms with Crippen molar-refractivity contribution < 1.29 is 4.74 Å². The van der Waals surface area contributed by atoms with Gasteiger partial charge >= 0.3 is 0 Å². The van der Waals surface area contributed by atoms with E-state index in [1.807, 2.05) is 0 Å². The third kappa shape index (κ3) is 2.01. The Hall–Kier alpha value is -1.76. The highest BCUT2D eigenvalue weighted by molar-refractivity contribution is 5.67. The van der Waals surface area contributed by atoms with Crippen LogP contribution in [0, 0.1) is 6.92 Å². The third-order valence-corrected chi connectivity index (χ3v) is 3.45. The monoisotopic (exact) mass is 238 g/mol. The topological polar surface area (TPSA) is 9.23 Å². The van der Waals surface area contributed by atoms with Gasteiger partial charge < -0.3 is 4.74 Å². The second kappa shape index (κ2) is 3.88. The van der Waals surface area contributed by atoms with Crippen molar-refractivity contribution in [1.29, 1.82) is 0 Å². The number of ether oxygens (including phenoxy) is 1. The van der Waals surface area contributed by atoms with Gasteiger partial charge in [0.05, 0.1) is 0 Å². The number of benzene rings is 2. The van der Waals surface area contributed by atoms with Crippen molar-refractivity contribution in [2.45, 2.75) is 32.8 Å². The zero-order chi connectivity index (χ0) is 12.8. The van der Waals surface area contributed by atoms with Crippen LogP contribution in [-0.4, -0.2) is 5.60 Å². The van der Waals surface area contributed by atoms with Crippen molar-refractivity contribution in [3.8, 4) is 16.9 Å². The van der Waals surface area contributed by atoms with Gasteiger partial charge in [0.15, 0.2) is 0 Å². The predicted molar refractivity (Wildman–Crippen MR) is 75.0 cm³/mol. The Morgan fingerprint density at radius 3 is 2.33 bits per heavy atom. The van der Waals surface area contributed by atoms with Gasteiger partial charge in [0.2, 0.25) is 0 Å². The molecule has 0 aromatic heterocycles. The van der Waals surface area contributed by atoms with E-state index in [1.54, 1.807) is 0 Å². The Morgan fingerprint density at radius 1 is 0.944 bits per heavy atom. The second-order valence-electron chi connectivity index (χ2n) is 5.73. The van der Waals surface area contributed by atoms with Gasteiger partial charge in [0, 0.05) is 6.42 Å². The number of aryl methyl sites for hydroxylation is 1. The number of rotatable bonds is 1. The fourth-order valence-corrected chi connectivity index (χ4v) is 2.51. The van der Waals surface area contributed by atoms with Crippen LogP contribution in [0.25, 0.3) is 11.1 Å². The summed E-state index contributed by atoms with van der Waals surface area (Å²) in [7, 11) is 0. The van der Waals surface area contributed by atoms with E-state index in [4.69, 9.17) is 4.74 Å². The van der Waals surface area contributed by atoms with Crippen LogP contribution < -0.4 is 4.74 Å². The highest BCUT2D eigenvalue weighted by atomic mass is 16.5. The Kier molecular flexibility index (Phi) is 2.44. The average molecular weight is 238 g/mol. The van der Waals surface area contributed by atoms with Gasteiger partial charge in [-0.05, 0) is 43.5 Å². The van der Waals surface area contributed by atoms with Crippen molar-refractivity contribution in [3.63, 3.8) is 0 Å². The quantitative estimate of drug-likeness (QED) is 0.716. The molecule has 0 atom stereocenters. The standard InChI is InChI=1S/C17H18O/c1-12-4-6-13(7-5-12)14-8-9-15-11-17(2,3)18-16(15)10-14/h4-10H,11H2,1-3H3. The molecular formula is C17H18O. The SMILES string of the molecule is Cc1ccc(-c2ccc3c(c2)OC(C)(C)C3)cc1. The molecule has 0 saturated carbocycles. The maximum Gasteiger partial charge on any atom is 0.124 e. The summed E-state index contributed by atoms with van der Waals surface area (Å²) in [6.07, 6.45) is 0.997. The van der Waals surface area contributed by atoms with Crippen LogP contribution in [-0.2, 0) is 6.42 Å². The molecule has 0 amide bonds. The molecule has 1 aliphatic heterocycles. The van der Waals surface area contributed by atoms with Gasteiger partial charge in [-0.1, -0.05) is 42.0 Å². The summed E-state index contributed by atoms with van der Waals surface area (Å²) >= 11 is 0. The zero-order valence-corrected chi connectivity index (χ0v) is 11.2. The summed E-state index contributed by atoms with van der Waals surface area (Å²) in [5.74, 6) is 1.04. The average Bonchev–Trinajstić information content (AvgIpc) is 2.62. The van der Waals surface area contributed by atoms with E-state index in [9.17, 15) is 0 Å². The van der Waals surface area contributed by atoms with Crippen LogP contribution in [0.1, 0.15) is 25.0 Å². The summed E-state index contributed by atoms with van der Waals surface area (Å²) in [6, 6.07) is 15.2. The predicted octanol–water partition coefficient (Wildman–Crippen LogP) is 4.38. The minimum absolute atomic E-state index is 0.0613. The number of hydrogen-bond acceptors (Lipinski definition) is 1. The van der Waals surface area contributed by atoms with E-state index >= 15 is 0 Å². The van der Waals surface area contributed by atoms with Crippen molar-refractivity contribution in [2.24, 2.45) is 0 Å². The van der Waals surface area contributed by atoms with Crippen LogP contribution in [0.5, 0.6) is 5.75 Å². The van der Waals surface area contributed by atoms with Crippen molar-refractivity contribution in [1.82, 2.24) is 0 Å². The minimum Gasteiger partial charge on any atom is -0.487 e. The lowest BCUT2D eigenvalue weighted by atomic mass is 9.98. The summed E-state index contributed by atoms with van der Waals surface area (Å²) in [6.45, 7) is 6.38. The first kappa shape index (κ1) is 11.3. The lowest BCUT2D eigenvalue weighted by Gasteiger charge is -2.16. The van der Waals surface area contributed by atoms with Gasteiger partial charge in [0.25, 0.3) is 0 Å². The smallest absolute Gasteiger partial charge is 0.124 e. The van der Waals surface area contributed by atoms with Gasteiger partial charge in [-0.15, -0.1) is 0 Å². The Balaban J connectivity index is 1.99. The molecule has 92 valence electrons. The molecule has 18 heavy (non-hydrogen) atoms. The van der Waals surface area contributed by atoms with E-state index in [0.29, 0.717) is 0 Å². The maximum atomic E-state index is 5.98. The van der Waals surface area contributed by atoms with Gasteiger partial charge in [0.1, 0.15) is 11.4 Å². The lowest BCUT2D eigenvalue weighted by molar-refractivity contribution is 0.138. The van der Waals surface area contributed by atoms with Crippen molar-refractivity contribution in [3.05, 3.63) is 53.6 Å². The van der Waals surface area contributed by atoms with Gasteiger partial charge in [-0.3, -0.25) is 0 Å². The van der Waals surface area contributed by atoms with Crippen molar-refractivity contribution in [2.75, 3.05) is 0 Å². The first-order chi connectivity index (χ1) is 8.53. The Labute approximate surface area is 108 Å². The van der Waals surface area contributed by atoms with Gasteiger partial charge in [-0.2, -0.15) is 0 Å². The highest BCUT2D eigenvalue weighted by Gasteiger charge is 2.29. The van der Waals surface area contributed by atoms with Gasteiger partial charge in [-0.25, -0.2) is 0 Å². The second-order valence-corrected chi connectivity index (χ2v) is 5.73. The number of fused-ring (bicyclic) bond motifs is 1. The molecule has 0 saturated heterocycles. The van der Waals surface area contributed by atoms with Crippen molar-refractivity contribution >= 4 is 0 Å². The van der Waals surface area contributed by atoms with E-state index in [0.717, 1.165) is 12.2 Å². The molecule has 1 heteroatoms. The molecule has 0 fully saturated rings. The summed E-state index contributed by atoms with van der Waals surface area (Å²) in [5, 5.41) is 0. The first-order valence-electron chi connectivity index (χ1n) is 6.42.